The Bertz CT molecular complexity index is 416. The average molecular weight is 239 g/mol. The number of carboxylic acid groups (broad SMARTS) is 1. The number of benzene rings is 1. The molecule has 92 valence electrons. The van der Waals surface area contributed by atoms with E-state index >= 15 is 0 Å². The lowest BCUT2D eigenvalue weighted by Gasteiger charge is -2.27. The topological polar surface area (TPSA) is 49.8 Å². The van der Waals surface area contributed by atoms with Gasteiger partial charge in [0.15, 0.2) is 0 Å². The molecular weight excluding hydrogens is 225 g/mol. The highest BCUT2D eigenvalue weighted by Gasteiger charge is 2.16. The molecule has 1 saturated heterocycles. The summed E-state index contributed by atoms with van der Waals surface area (Å²) >= 11 is 0. The Morgan fingerprint density at radius 3 is 2.76 bits per heavy atom. The Morgan fingerprint density at radius 1 is 1.41 bits per heavy atom. The summed E-state index contributed by atoms with van der Waals surface area (Å²) in [6, 6.07) is 3.90. The van der Waals surface area contributed by atoms with E-state index in [-0.39, 0.29) is 5.56 Å². The first-order valence-electron chi connectivity index (χ1n) is 5.48. The van der Waals surface area contributed by atoms with Gasteiger partial charge < -0.3 is 9.84 Å². The van der Waals surface area contributed by atoms with Crippen molar-refractivity contribution in [3.8, 4) is 0 Å². The van der Waals surface area contributed by atoms with Crippen LogP contribution in [-0.4, -0.2) is 42.3 Å². The molecule has 1 heterocycles. The van der Waals surface area contributed by atoms with Crippen molar-refractivity contribution in [1.29, 1.82) is 0 Å². The van der Waals surface area contributed by atoms with Crippen LogP contribution in [0.3, 0.4) is 0 Å². The highest BCUT2D eigenvalue weighted by molar-refractivity contribution is 5.89. The van der Waals surface area contributed by atoms with Crippen molar-refractivity contribution in [2.75, 3.05) is 26.3 Å². The number of hydrogen-bond donors (Lipinski definition) is 1. The van der Waals surface area contributed by atoms with Crippen molar-refractivity contribution in [1.82, 2.24) is 4.90 Å². The van der Waals surface area contributed by atoms with Gasteiger partial charge in [-0.25, -0.2) is 9.18 Å². The normalized spacial score (nSPS) is 17.0. The first kappa shape index (κ1) is 12.0. The summed E-state index contributed by atoms with van der Waals surface area (Å²) in [5.74, 6) is -1.61. The maximum Gasteiger partial charge on any atom is 0.336 e. The van der Waals surface area contributed by atoms with Crippen molar-refractivity contribution in [2.45, 2.75) is 6.54 Å². The largest absolute Gasteiger partial charge is 0.478 e. The molecule has 1 aliphatic heterocycles. The van der Waals surface area contributed by atoms with E-state index in [1.165, 1.54) is 12.1 Å². The number of carbonyl (C=O) groups is 1. The fraction of sp³-hybridized carbons (Fsp3) is 0.417. The summed E-state index contributed by atoms with van der Waals surface area (Å²) < 4.78 is 18.2. The zero-order valence-electron chi connectivity index (χ0n) is 9.36. The summed E-state index contributed by atoms with van der Waals surface area (Å²) in [5, 5.41) is 9.01. The second-order valence-electron chi connectivity index (χ2n) is 4.00. The van der Waals surface area contributed by atoms with Gasteiger partial charge in [-0.3, -0.25) is 4.90 Å². The van der Waals surface area contributed by atoms with Gasteiger partial charge in [0.05, 0.1) is 18.8 Å². The van der Waals surface area contributed by atoms with Gasteiger partial charge >= 0.3 is 5.97 Å². The van der Waals surface area contributed by atoms with Crippen LogP contribution in [0.1, 0.15) is 15.9 Å². The molecule has 1 aliphatic rings. The minimum absolute atomic E-state index is 0.0384. The summed E-state index contributed by atoms with van der Waals surface area (Å²) in [6.07, 6.45) is 0. The maximum atomic E-state index is 13.0. The molecule has 0 unspecified atom stereocenters. The molecule has 2 rings (SSSR count). The van der Waals surface area contributed by atoms with Crippen LogP contribution in [-0.2, 0) is 11.3 Å². The van der Waals surface area contributed by atoms with Crippen LogP contribution in [0.2, 0.25) is 0 Å². The van der Waals surface area contributed by atoms with Gasteiger partial charge in [-0.1, -0.05) is 6.07 Å². The molecule has 0 spiro atoms. The molecule has 17 heavy (non-hydrogen) atoms. The molecular formula is C12H14FNO3. The van der Waals surface area contributed by atoms with Crippen molar-refractivity contribution in [3.63, 3.8) is 0 Å². The Morgan fingerprint density at radius 2 is 2.12 bits per heavy atom. The first-order valence-corrected chi connectivity index (χ1v) is 5.48. The number of nitrogens with zero attached hydrogens (tertiary/aromatic N) is 1. The van der Waals surface area contributed by atoms with Crippen LogP contribution in [0.4, 0.5) is 4.39 Å². The van der Waals surface area contributed by atoms with Gasteiger partial charge in [-0.15, -0.1) is 0 Å². The lowest BCUT2D eigenvalue weighted by Crippen LogP contribution is -2.36. The predicted octanol–water partition coefficient (Wildman–Crippen LogP) is 1.36. The summed E-state index contributed by atoms with van der Waals surface area (Å²) in [4.78, 5) is 13.1. The van der Waals surface area contributed by atoms with Crippen LogP contribution in [0.15, 0.2) is 18.2 Å². The fourth-order valence-electron chi connectivity index (χ4n) is 1.89. The van der Waals surface area contributed by atoms with E-state index in [1.54, 1.807) is 0 Å². The average Bonchev–Trinajstić information content (AvgIpc) is 2.32. The van der Waals surface area contributed by atoms with Gasteiger partial charge in [0.25, 0.3) is 0 Å². The lowest BCUT2D eigenvalue weighted by atomic mass is 10.1. The third-order valence-corrected chi connectivity index (χ3v) is 2.80. The van der Waals surface area contributed by atoms with E-state index < -0.39 is 11.8 Å². The number of carboxylic acids is 1. The second kappa shape index (κ2) is 5.25. The molecule has 4 nitrogen and oxygen atoms in total. The smallest absolute Gasteiger partial charge is 0.336 e. The Hall–Kier alpha value is -1.46. The fourth-order valence-corrected chi connectivity index (χ4v) is 1.89. The highest BCUT2D eigenvalue weighted by Crippen LogP contribution is 2.14. The number of hydrogen-bond acceptors (Lipinski definition) is 3. The number of aromatic carboxylic acids is 1. The quantitative estimate of drug-likeness (QED) is 0.865. The molecule has 0 bridgehead atoms. The van der Waals surface area contributed by atoms with Crippen LogP contribution in [0, 0.1) is 5.82 Å². The molecule has 0 aromatic heterocycles. The third-order valence-electron chi connectivity index (χ3n) is 2.80. The van der Waals surface area contributed by atoms with Crippen LogP contribution in [0.5, 0.6) is 0 Å². The van der Waals surface area contributed by atoms with E-state index in [9.17, 15) is 9.18 Å². The van der Waals surface area contributed by atoms with Gasteiger partial charge in [-0.05, 0) is 17.7 Å². The molecule has 1 fully saturated rings. The van der Waals surface area contributed by atoms with Crippen molar-refractivity contribution in [3.05, 3.63) is 35.1 Å². The predicted molar refractivity (Wildman–Crippen MR) is 59.5 cm³/mol. The van der Waals surface area contributed by atoms with Gasteiger partial charge in [0.1, 0.15) is 5.82 Å². The molecule has 0 saturated carbocycles. The van der Waals surface area contributed by atoms with Crippen molar-refractivity contribution in [2.24, 2.45) is 0 Å². The van der Waals surface area contributed by atoms with E-state index in [0.717, 1.165) is 19.2 Å². The second-order valence-corrected chi connectivity index (χ2v) is 4.00. The summed E-state index contributed by atoms with van der Waals surface area (Å²) in [7, 11) is 0. The van der Waals surface area contributed by atoms with Gasteiger partial charge in [0.2, 0.25) is 0 Å². The first-order chi connectivity index (χ1) is 8.16. The van der Waals surface area contributed by atoms with Crippen LogP contribution in [0.25, 0.3) is 0 Å². The highest BCUT2D eigenvalue weighted by atomic mass is 19.1. The summed E-state index contributed by atoms with van der Waals surface area (Å²) in [5.41, 5.74) is 0.678. The standard InChI is InChI=1S/C12H14FNO3/c13-10-2-1-9(11(7-10)12(15)16)8-14-3-5-17-6-4-14/h1-2,7H,3-6,8H2,(H,15,16). The molecule has 0 atom stereocenters. The SMILES string of the molecule is O=C(O)c1cc(F)ccc1CN1CCOCC1. The lowest BCUT2D eigenvalue weighted by molar-refractivity contribution is 0.0339. The van der Waals surface area contributed by atoms with E-state index in [0.29, 0.717) is 25.3 Å². The zero-order chi connectivity index (χ0) is 12.3. The minimum atomic E-state index is -1.09. The molecule has 0 amide bonds. The number of ether oxygens (including phenoxy) is 1. The van der Waals surface area contributed by atoms with Gasteiger partial charge in [0, 0.05) is 19.6 Å². The Balaban J connectivity index is 2.16. The molecule has 1 aromatic carbocycles. The number of halogens is 1. The Labute approximate surface area is 98.6 Å². The van der Waals surface area contributed by atoms with Gasteiger partial charge in [-0.2, -0.15) is 0 Å². The molecule has 0 aliphatic carbocycles. The molecule has 1 aromatic rings. The summed E-state index contributed by atoms with van der Waals surface area (Å²) in [6.45, 7) is 3.38. The minimum Gasteiger partial charge on any atom is -0.478 e. The van der Waals surface area contributed by atoms with Crippen LogP contribution >= 0.6 is 0 Å². The van der Waals surface area contributed by atoms with E-state index in [2.05, 4.69) is 4.90 Å². The number of rotatable bonds is 3. The third kappa shape index (κ3) is 3.01. The van der Waals surface area contributed by atoms with Crippen molar-refractivity contribution < 1.29 is 19.0 Å². The van der Waals surface area contributed by atoms with E-state index in [1.807, 2.05) is 0 Å². The molecule has 0 radical (unpaired) electrons. The maximum absolute atomic E-state index is 13.0. The monoisotopic (exact) mass is 239 g/mol. The number of morpholine rings is 1. The van der Waals surface area contributed by atoms with Crippen molar-refractivity contribution >= 4 is 5.97 Å². The van der Waals surface area contributed by atoms with Crippen LogP contribution < -0.4 is 0 Å². The molecule has 1 N–H and O–H groups in total. The Kier molecular flexibility index (Phi) is 3.71. The van der Waals surface area contributed by atoms with E-state index in [4.69, 9.17) is 9.84 Å². The zero-order valence-corrected chi connectivity index (χ0v) is 9.36. The molecule has 5 heteroatoms.